The van der Waals surface area contributed by atoms with Crippen LogP contribution in [0, 0.1) is 0 Å². The van der Waals surface area contributed by atoms with E-state index in [0.29, 0.717) is 0 Å². The van der Waals surface area contributed by atoms with Crippen molar-refractivity contribution in [1.82, 2.24) is 19.2 Å². The number of benzene rings is 4. The summed E-state index contributed by atoms with van der Waals surface area (Å²) < 4.78 is 10.2. The third-order valence-corrected chi connectivity index (χ3v) is 6.93. The second-order valence-corrected chi connectivity index (χ2v) is 8.91. The maximum atomic E-state index is 4.21. The van der Waals surface area contributed by atoms with Crippen molar-refractivity contribution in [3.8, 4) is 22.3 Å². The fraction of sp³-hybridized carbons (Fsp3) is 0.0400. The highest BCUT2D eigenvalue weighted by atomic mass is 32.1. The SMILES string of the molecule is c1cc(-c2cccc3snnc23)c2nnsc2c1.c1ccc2c(c1)Cc1ccccc1-2. The summed E-state index contributed by atoms with van der Waals surface area (Å²) in [6.07, 6.45) is 1.10. The molecule has 0 N–H and O–H groups in total. The first-order valence-electron chi connectivity index (χ1n) is 9.97. The van der Waals surface area contributed by atoms with Gasteiger partial charge in [0.1, 0.15) is 11.0 Å². The molecule has 1 aliphatic rings. The second kappa shape index (κ2) is 7.65. The summed E-state index contributed by atoms with van der Waals surface area (Å²) in [4.78, 5) is 0. The predicted octanol–water partition coefficient (Wildman–Crippen LogP) is 6.62. The average Bonchev–Trinajstić information content (AvgIpc) is 3.56. The largest absolute Gasteiger partial charge is 0.137 e. The van der Waals surface area contributed by atoms with Gasteiger partial charge in [-0.05, 0) is 63.9 Å². The standard InChI is InChI=1S/C13H10.C12H6N4S2/c1-3-7-12-10(5-1)9-11-6-2-4-8-13(11)12;1-3-7(11-9(5-1)17-15-13-11)8-4-2-6-10-12(8)14-16-18-10/h1-8H,9H2;1-6H. The molecule has 4 nitrogen and oxygen atoms in total. The van der Waals surface area contributed by atoms with Crippen LogP contribution in [-0.2, 0) is 6.42 Å². The summed E-state index contributed by atoms with van der Waals surface area (Å²) in [5, 5.41) is 8.42. The lowest BCUT2D eigenvalue weighted by atomic mass is 10.0. The molecule has 7 rings (SSSR count). The van der Waals surface area contributed by atoms with Crippen molar-refractivity contribution in [3.05, 3.63) is 96.1 Å². The van der Waals surface area contributed by atoms with Crippen molar-refractivity contribution in [2.24, 2.45) is 0 Å². The highest BCUT2D eigenvalue weighted by Crippen LogP contribution is 2.36. The fourth-order valence-electron chi connectivity index (χ4n) is 4.12. The van der Waals surface area contributed by atoms with Gasteiger partial charge in [0.15, 0.2) is 0 Å². The van der Waals surface area contributed by atoms with Gasteiger partial charge in [0.2, 0.25) is 0 Å². The van der Waals surface area contributed by atoms with Crippen LogP contribution in [0.25, 0.3) is 42.7 Å². The Hall–Kier alpha value is -3.48. The second-order valence-electron chi connectivity index (χ2n) is 7.34. The van der Waals surface area contributed by atoms with Crippen LogP contribution in [-0.4, -0.2) is 19.2 Å². The molecule has 1 aliphatic carbocycles. The van der Waals surface area contributed by atoms with E-state index in [1.54, 1.807) is 0 Å². The van der Waals surface area contributed by atoms with E-state index in [4.69, 9.17) is 0 Å². The highest BCUT2D eigenvalue weighted by molar-refractivity contribution is 7.13. The molecule has 0 amide bonds. The number of nitrogens with zero attached hydrogens (tertiary/aromatic N) is 4. The molecule has 0 atom stereocenters. The van der Waals surface area contributed by atoms with E-state index in [-0.39, 0.29) is 0 Å². The average molecular weight is 437 g/mol. The third-order valence-electron chi connectivity index (χ3n) is 5.55. The molecule has 0 saturated carbocycles. The number of fused-ring (bicyclic) bond motifs is 5. The van der Waals surface area contributed by atoms with Crippen LogP contribution in [0.15, 0.2) is 84.9 Å². The number of hydrogen-bond donors (Lipinski definition) is 0. The molecule has 2 heterocycles. The van der Waals surface area contributed by atoms with E-state index in [0.717, 1.165) is 38.0 Å². The Morgan fingerprint density at radius 2 is 0.935 bits per heavy atom. The van der Waals surface area contributed by atoms with E-state index in [1.807, 2.05) is 24.3 Å². The minimum atomic E-state index is 0.933. The molecule has 6 heteroatoms. The molecule has 0 unspecified atom stereocenters. The molecular weight excluding hydrogens is 420 g/mol. The van der Waals surface area contributed by atoms with E-state index in [2.05, 4.69) is 79.8 Å². The molecule has 0 radical (unpaired) electrons. The Morgan fingerprint density at radius 3 is 1.45 bits per heavy atom. The van der Waals surface area contributed by atoms with Gasteiger partial charge in [-0.2, -0.15) is 0 Å². The molecule has 0 fully saturated rings. The van der Waals surface area contributed by atoms with Crippen LogP contribution in [0.5, 0.6) is 0 Å². The van der Waals surface area contributed by atoms with Crippen LogP contribution in [0.3, 0.4) is 0 Å². The van der Waals surface area contributed by atoms with Crippen molar-refractivity contribution in [3.63, 3.8) is 0 Å². The molecule has 0 aliphatic heterocycles. The topological polar surface area (TPSA) is 51.6 Å². The zero-order valence-electron chi connectivity index (χ0n) is 16.4. The van der Waals surface area contributed by atoms with Crippen LogP contribution >= 0.6 is 23.1 Å². The normalized spacial score (nSPS) is 11.7. The van der Waals surface area contributed by atoms with Crippen LogP contribution in [0.4, 0.5) is 0 Å². The zero-order valence-corrected chi connectivity index (χ0v) is 18.0. The fourth-order valence-corrected chi connectivity index (χ4v) is 5.30. The summed E-state index contributed by atoms with van der Waals surface area (Å²) in [6.45, 7) is 0. The van der Waals surface area contributed by atoms with Gasteiger partial charge >= 0.3 is 0 Å². The Morgan fingerprint density at radius 1 is 0.484 bits per heavy atom. The minimum Gasteiger partial charge on any atom is -0.137 e. The van der Waals surface area contributed by atoms with Gasteiger partial charge in [-0.1, -0.05) is 81.8 Å². The lowest BCUT2D eigenvalue weighted by molar-refractivity contribution is 1.19. The van der Waals surface area contributed by atoms with Gasteiger partial charge in [-0.25, -0.2) is 0 Å². The zero-order chi connectivity index (χ0) is 20.6. The van der Waals surface area contributed by atoms with E-state index in [1.165, 1.54) is 45.3 Å². The molecule has 0 spiro atoms. The summed E-state index contributed by atoms with van der Waals surface area (Å²) in [5.74, 6) is 0. The van der Waals surface area contributed by atoms with Gasteiger partial charge in [0, 0.05) is 11.1 Å². The Kier molecular flexibility index (Phi) is 4.52. The van der Waals surface area contributed by atoms with Gasteiger partial charge in [0.05, 0.1) is 9.40 Å². The van der Waals surface area contributed by atoms with Gasteiger partial charge < -0.3 is 0 Å². The molecule has 4 aromatic carbocycles. The minimum absolute atomic E-state index is 0.933. The summed E-state index contributed by atoms with van der Waals surface area (Å²) in [5.41, 5.74) is 9.76. The Balaban J connectivity index is 0.000000126. The van der Waals surface area contributed by atoms with Crippen molar-refractivity contribution >= 4 is 43.5 Å². The summed E-state index contributed by atoms with van der Waals surface area (Å²) in [6, 6.07) is 29.5. The smallest absolute Gasteiger partial charge is 0.113 e. The maximum Gasteiger partial charge on any atom is 0.113 e. The molecule has 148 valence electrons. The van der Waals surface area contributed by atoms with Gasteiger partial charge in [-0.3, -0.25) is 0 Å². The van der Waals surface area contributed by atoms with Crippen molar-refractivity contribution < 1.29 is 0 Å². The molecule has 31 heavy (non-hydrogen) atoms. The maximum absolute atomic E-state index is 4.21. The quantitative estimate of drug-likeness (QED) is 0.290. The first-order chi connectivity index (χ1) is 15.4. The lowest BCUT2D eigenvalue weighted by Crippen LogP contribution is -1.83. The van der Waals surface area contributed by atoms with Crippen LogP contribution in [0.2, 0.25) is 0 Å². The summed E-state index contributed by atoms with van der Waals surface area (Å²) in [7, 11) is 0. The van der Waals surface area contributed by atoms with E-state index in [9.17, 15) is 0 Å². The van der Waals surface area contributed by atoms with Crippen molar-refractivity contribution in [2.45, 2.75) is 6.42 Å². The third kappa shape index (κ3) is 3.21. The number of aromatic nitrogens is 4. The summed E-state index contributed by atoms with van der Waals surface area (Å²) >= 11 is 2.82. The molecule has 0 bridgehead atoms. The van der Waals surface area contributed by atoms with E-state index >= 15 is 0 Å². The number of rotatable bonds is 1. The molecule has 0 saturated heterocycles. The lowest BCUT2D eigenvalue weighted by Gasteiger charge is -2.02. The van der Waals surface area contributed by atoms with Crippen molar-refractivity contribution in [2.75, 3.05) is 0 Å². The highest BCUT2D eigenvalue weighted by Gasteiger charge is 2.16. The molecule has 2 aromatic heterocycles. The first kappa shape index (κ1) is 18.3. The van der Waals surface area contributed by atoms with E-state index < -0.39 is 0 Å². The van der Waals surface area contributed by atoms with Crippen LogP contribution < -0.4 is 0 Å². The Bertz CT molecular complexity index is 1420. The van der Waals surface area contributed by atoms with Crippen LogP contribution in [0.1, 0.15) is 11.1 Å². The monoisotopic (exact) mass is 436 g/mol. The van der Waals surface area contributed by atoms with Gasteiger partial charge in [0.25, 0.3) is 0 Å². The number of hydrogen-bond acceptors (Lipinski definition) is 6. The first-order valence-corrected chi connectivity index (χ1v) is 11.5. The van der Waals surface area contributed by atoms with Gasteiger partial charge in [-0.15, -0.1) is 10.2 Å². The molecular formula is C25H16N4S2. The Labute approximate surface area is 187 Å². The predicted molar refractivity (Wildman–Crippen MR) is 129 cm³/mol. The van der Waals surface area contributed by atoms with Crippen molar-refractivity contribution in [1.29, 1.82) is 0 Å². The molecule has 6 aromatic rings.